The molecule has 0 amide bonds. The first kappa shape index (κ1) is 20.1. The molecule has 0 spiro atoms. The molecule has 0 radical (unpaired) electrons. The third-order valence-corrected chi connectivity index (χ3v) is 5.50. The standard InChI is InChI=1S/C26H31N4/c1-19-14-20(2)25(21(3)15-19)29-13-12-28(17-29)18-30-23(22-10-8-7-9-11-22)16-24(27-30)26(4,5)6/h7-17H,18H2,1-6H3/q+1. The molecule has 0 fully saturated rings. The van der Waals surface area contributed by atoms with E-state index >= 15 is 0 Å². The molecular formula is C26H31N4+. The molecule has 0 unspecified atom stereocenters. The van der Waals surface area contributed by atoms with Crippen molar-refractivity contribution in [2.75, 3.05) is 0 Å². The van der Waals surface area contributed by atoms with Crippen LogP contribution >= 0.6 is 0 Å². The topological polar surface area (TPSA) is 26.6 Å². The van der Waals surface area contributed by atoms with E-state index in [9.17, 15) is 0 Å². The molecule has 2 aromatic carbocycles. The molecule has 0 aliphatic rings. The summed E-state index contributed by atoms with van der Waals surface area (Å²) in [7, 11) is 0. The van der Waals surface area contributed by atoms with E-state index in [1.165, 1.54) is 27.9 Å². The largest absolute Gasteiger partial charge is 0.250 e. The fraction of sp³-hybridized carbons (Fsp3) is 0.308. The molecule has 0 bridgehead atoms. The second-order valence-corrected chi connectivity index (χ2v) is 9.25. The van der Waals surface area contributed by atoms with E-state index in [1.54, 1.807) is 0 Å². The average Bonchev–Trinajstić information content (AvgIpc) is 3.29. The van der Waals surface area contributed by atoms with Crippen LogP contribution in [0.25, 0.3) is 16.9 Å². The van der Waals surface area contributed by atoms with Crippen LogP contribution in [0.15, 0.2) is 67.3 Å². The van der Waals surface area contributed by atoms with Crippen LogP contribution in [0.1, 0.15) is 43.2 Å². The minimum absolute atomic E-state index is 0.00149. The molecule has 0 aliphatic heterocycles. The van der Waals surface area contributed by atoms with Crippen molar-refractivity contribution in [3.63, 3.8) is 0 Å². The van der Waals surface area contributed by atoms with Gasteiger partial charge in [0.2, 0.25) is 0 Å². The Morgan fingerprint density at radius 2 is 1.60 bits per heavy atom. The summed E-state index contributed by atoms with van der Waals surface area (Å²) in [6.45, 7) is 13.8. The van der Waals surface area contributed by atoms with Crippen molar-refractivity contribution in [2.45, 2.75) is 53.6 Å². The summed E-state index contributed by atoms with van der Waals surface area (Å²) < 4.78 is 6.50. The SMILES string of the molecule is Cc1cc(C)c(-n2cc[n+](Cn3nc(C(C)(C)C)cc3-c3ccccc3)c2)c(C)c1. The summed E-state index contributed by atoms with van der Waals surface area (Å²) in [6, 6.07) is 17.2. The van der Waals surface area contributed by atoms with Gasteiger partial charge in [-0.3, -0.25) is 0 Å². The third kappa shape index (κ3) is 3.95. The maximum absolute atomic E-state index is 4.97. The zero-order chi connectivity index (χ0) is 21.5. The van der Waals surface area contributed by atoms with Gasteiger partial charge >= 0.3 is 0 Å². The van der Waals surface area contributed by atoms with Crippen LogP contribution in [0.4, 0.5) is 0 Å². The van der Waals surface area contributed by atoms with E-state index in [-0.39, 0.29) is 5.41 Å². The normalized spacial score (nSPS) is 11.8. The van der Waals surface area contributed by atoms with Crippen molar-refractivity contribution in [1.82, 2.24) is 14.3 Å². The molecule has 0 atom stereocenters. The predicted molar refractivity (Wildman–Crippen MR) is 122 cm³/mol. The van der Waals surface area contributed by atoms with Crippen LogP contribution in [-0.4, -0.2) is 14.3 Å². The quantitative estimate of drug-likeness (QED) is 0.425. The van der Waals surface area contributed by atoms with Crippen LogP contribution in [-0.2, 0) is 12.1 Å². The number of aromatic nitrogens is 4. The minimum Gasteiger partial charge on any atom is -0.225 e. The molecule has 4 nitrogen and oxygen atoms in total. The smallest absolute Gasteiger partial charge is 0.225 e. The highest BCUT2D eigenvalue weighted by atomic mass is 15.4. The summed E-state index contributed by atoms with van der Waals surface area (Å²) in [6.07, 6.45) is 6.39. The summed E-state index contributed by atoms with van der Waals surface area (Å²) >= 11 is 0. The molecule has 2 aromatic heterocycles. The van der Waals surface area contributed by atoms with Crippen LogP contribution in [0, 0.1) is 20.8 Å². The van der Waals surface area contributed by atoms with Gasteiger partial charge in [-0.25, -0.2) is 13.8 Å². The molecule has 4 aromatic rings. The number of nitrogens with zero attached hydrogens (tertiary/aromatic N) is 4. The third-order valence-electron chi connectivity index (χ3n) is 5.50. The number of aryl methyl sites for hydroxylation is 3. The van der Waals surface area contributed by atoms with Crippen LogP contribution in [0.5, 0.6) is 0 Å². The van der Waals surface area contributed by atoms with Gasteiger partial charge in [-0.2, -0.15) is 5.10 Å². The first-order valence-corrected chi connectivity index (χ1v) is 10.5. The van der Waals surface area contributed by atoms with E-state index in [2.05, 4.69) is 123 Å². The summed E-state index contributed by atoms with van der Waals surface area (Å²) in [5, 5.41) is 4.97. The highest BCUT2D eigenvalue weighted by Crippen LogP contribution is 2.27. The molecule has 0 saturated carbocycles. The first-order valence-electron chi connectivity index (χ1n) is 10.5. The molecular weight excluding hydrogens is 368 g/mol. The lowest BCUT2D eigenvalue weighted by atomic mass is 9.92. The Morgan fingerprint density at radius 1 is 0.933 bits per heavy atom. The van der Waals surface area contributed by atoms with E-state index < -0.39 is 0 Å². The molecule has 2 heterocycles. The monoisotopic (exact) mass is 399 g/mol. The van der Waals surface area contributed by atoms with Crippen molar-refractivity contribution < 1.29 is 4.57 Å². The highest BCUT2D eigenvalue weighted by Gasteiger charge is 2.22. The molecule has 0 N–H and O–H groups in total. The first-order chi connectivity index (χ1) is 14.2. The Bertz CT molecular complexity index is 1150. The Labute approximate surface area is 179 Å². The van der Waals surface area contributed by atoms with Crippen LogP contribution in [0.2, 0.25) is 0 Å². The Balaban J connectivity index is 1.72. The minimum atomic E-state index is 0.00149. The number of hydrogen-bond acceptors (Lipinski definition) is 1. The Morgan fingerprint density at radius 3 is 2.23 bits per heavy atom. The van der Waals surface area contributed by atoms with Gasteiger partial charge in [0.05, 0.1) is 11.4 Å². The number of hydrogen-bond donors (Lipinski definition) is 0. The van der Waals surface area contributed by atoms with Crippen molar-refractivity contribution in [3.8, 4) is 16.9 Å². The lowest BCUT2D eigenvalue weighted by Gasteiger charge is -2.14. The van der Waals surface area contributed by atoms with Crippen molar-refractivity contribution >= 4 is 0 Å². The van der Waals surface area contributed by atoms with Crippen molar-refractivity contribution in [2.24, 2.45) is 0 Å². The zero-order valence-electron chi connectivity index (χ0n) is 18.8. The average molecular weight is 400 g/mol. The number of rotatable bonds is 4. The fourth-order valence-corrected chi connectivity index (χ4v) is 4.08. The zero-order valence-corrected chi connectivity index (χ0v) is 18.8. The second-order valence-electron chi connectivity index (χ2n) is 9.25. The maximum Gasteiger partial charge on any atom is 0.250 e. The molecule has 30 heavy (non-hydrogen) atoms. The fourth-order valence-electron chi connectivity index (χ4n) is 4.08. The lowest BCUT2D eigenvalue weighted by molar-refractivity contribution is -0.701. The van der Waals surface area contributed by atoms with Gasteiger partial charge in [0.1, 0.15) is 18.1 Å². The molecule has 0 aliphatic carbocycles. The van der Waals surface area contributed by atoms with E-state index in [1.807, 2.05) is 0 Å². The van der Waals surface area contributed by atoms with Crippen LogP contribution in [0.3, 0.4) is 0 Å². The molecule has 4 rings (SSSR count). The van der Waals surface area contributed by atoms with Gasteiger partial charge in [-0.05, 0) is 43.5 Å². The Hall–Kier alpha value is -3.14. The summed E-state index contributed by atoms with van der Waals surface area (Å²) in [5.41, 5.74) is 8.55. The van der Waals surface area contributed by atoms with E-state index in [0.717, 1.165) is 11.4 Å². The predicted octanol–water partition coefficient (Wildman–Crippen LogP) is 5.36. The van der Waals surface area contributed by atoms with Gasteiger partial charge in [0, 0.05) is 5.41 Å². The number of imidazole rings is 1. The van der Waals surface area contributed by atoms with Gasteiger partial charge in [0.25, 0.3) is 6.33 Å². The van der Waals surface area contributed by atoms with Crippen molar-refractivity contribution in [1.29, 1.82) is 0 Å². The summed E-state index contributed by atoms with van der Waals surface area (Å²) in [4.78, 5) is 0. The molecule has 4 heteroatoms. The summed E-state index contributed by atoms with van der Waals surface area (Å²) in [5.74, 6) is 0. The maximum atomic E-state index is 4.97. The second kappa shape index (κ2) is 7.60. The highest BCUT2D eigenvalue weighted by molar-refractivity contribution is 5.60. The van der Waals surface area contributed by atoms with Crippen LogP contribution < -0.4 is 4.57 Å². The molecule has 154 valence electrons. The lowest BCUT2D eigenvalue weighted by Crippen LogP contribution is -2.36. The van der Waals surface area contributed by atoms with Gasteiger partial charge in [-0.15, -0.1) is 0 Å². The number of benzene rings is 2. The molecule has 0 saturated heterocycles. The van der Waals surface area contributed by atoms with Gasteiger partial charge in [-0.1, -0.05) is 68.8 Å². The van der Waals surface area contributed by atoms with Gasteiger partial charge in [0.15, 0.2) is 6.67 Å². The van der Waals surface area contributed by atoms with Gasteiger partial charge < -0.3 is 0 Å². The van der Waals surface area contributed by atoms with Crippen molar-refractivity contribution in [3.05, 3.63) is 89.6 Å². The Kier molecular flexibility index (Phi) is 5.10. The van der Waals surface area contributed by atoms with E-state index in [0.29, 0.717) is 6.67 Å². The van der Waals surface area contributed by atoms with E-state index in [4.69, 9.17) is 5.10 Å².